The summed E-state index contributed by atoms with van der Waals surface area (Å²) in [6.07, 6.45) is 3.70. The van der Waals surface area contributed by atoms with Crippen molar-refractivity contribution in [2.75, 3.05) is 26.2 Å². The maximum absolute atomic E-state index is 10.1. The van der Waals surface area contributed by atoms with Gasteiger partial charge in [-0.1, -0.05) is 25.1 Å². The summed E-state index contributed by atoms with van der Waals surface area (Å²) in [5.74, 6) is 1.21. The highest BCUT2D eigenvalue weighted by Crippen LogP contribution is 2.29. The molecule has 0 aliphatic carbocycles. The molecule has 1 aromatic rings. The van der Waals surface area contributed by atoms with Gasteiger partial charge in [-0.05, 0) is 57.8 Å². The monoisotopic (exact) mass is 276 g/mol. The van der Waals surface area contributed by atoms with E-state index in [1.54, 1.807) is 6.07 Å². The summed E-state index contributed by atoms with van der Waals surface area (Å²) >= 11 is 0. The average molecular weight is 276 g/mol. The quantitative estimate of drug-likeness (QED) is 0.838. The molecule has 2 rings (SSSR count). The van der Waals surface area contributed by atoms with Crippen molar-refractivity contribution in [1.29, 1.82) is 0 Å². The third-order valence-electron chi connectivity index (χ3n) is 4.40. The lowest BCUT2D eigenvalue weighted by Crippen LogP contribution is -2.37. The van der Waals surface area contributed by atoms with Gasteiger partial charge in [0.05, 0.1) is 0 Å². The second kappa shape index (κ2) is 7.65. The Balaban J connectivity index is 2.04. The van der Waals surface area contributed by atoms with E-state index < -0.39 is 0 Å². The van der Waals surface area contributed by atoms with Gasteiger partial charge in [0.15, 0.2) is 0 Å². The zero-order valence-corrected chi connectivity index (χ0v) is 12.8. The number of benzene rings is 1. The summed E-state index contributed by atoms with van der Waals surface area (Å²) in [6.45, 7) is 8.98. The summed E-state index contributed by atoms with van der Waals surface area (Å²) in [4.78, 5) is 2.53. The summed E-state index contributed by atoms with van der Waals surface area (Å²) in [5.41, 5.74) is 1.05. The standard InChI is InChI=1S/C17H28N2O/c1-3-12-19(13-15-8-10-18-11-9-15)14(2)16-6-4-5-7-17(16)20/h4-7,14-15,18,20H,3,8-13H2,1-2H3. The first-order chi connectivity index (χ1) is 9.72. The highest BCUT2D eigenvalue weighted by Gasteiger charge is 2.22. The first kappa shape index (κ1) is 15.3. The Bertz CT molecular complexity index is 402. The van der Waals surface area contributed by atoms with Crippen molar-refractivity contribution in [1.82, 2.24) is 10.2 Å². The van der Waals surface area contributed by atoms with Crippen LogP contribution in [0.3, 0.4) is 0 Å². The van der Waals surface area contributed by atoms with Gasteiger partial charge in [0, 0.05) is 18.2 Å². The van der Waals surface area contributed by atoms with Crippen molar-refractivity contribution in [3.63, 3.8) is 0 Å². The number of hydrogen-bond donors (Lipinski definition) is 2. The van der Waals surface area contributed by atoms with Crippen LogP contribution >= 0.6 is 0 Å². The molecule has 20 heavy (non-hydrogen) atoms. The number of nitrogens with one attached hydrogen (secondary N) is 1. The lowest BCUT2D eigenvalue weighted by molar-refractivity contribution is 0.159. The van der Waals surface area contributed by atoms with Gasteiger partial charge in [-0.15, -0.1) is 0 Å². The molecule has 0 spiro atoms. The molecular weight excluding hydrogens is 248 g/mol. The number of aromatic hydroxyl groups is 1. The Kier molecular flexibility index (Phi) is 5.86. The fourth-order valence-electron chi connectivity index (χ4n) is 3.16. The first-order valence-corrected chi connectivity index (χ1v) is 7.95. The number of para-hydroxylation sites is 1. The number of piperidine rings is 1. The van der Waals surface area contributed by atoms with Gasteiger partial charge in [-0.2, -0.15) is 0 Å². The Hall–Kier alpha value is -1.06. The fraction of sp³-hybridized carbons (Fsp3) is 0.647. The Labute approximate surface area is 123 Å². The maximum atomic E-state index is 10.1. The minimum absolute atomic E-state index is 0.283. The van der Waals surface area contributed by atoms with Gasteiger partial charge in [0.2, 0.25) is 0 Å². The Morgan fingerprint density at radius 3 is 2.65 bits per heavy atom. The van der Waals surface area contributed by atoms with E-state index in [0.717, 1.165) is 44.1 Å². The third kappa shape index (κ3) is 3.97. The molecule has 0 bridgehead atoms. The molecule has 0 aromatic heterocycles. The zero-order valence-electron chi connectivity index (χ0n) is 12.8. The van der Waals surface area contributed by atoms with Gasteiger partial charge < -0.3 is 10.4 Å². The van der Waals surface area contributed by atoms with E-state index in [-0.39, 0.29) is 6.04 Å². The van der Waals surface area contributed by atoms with E-state index in [2.05, 4.69) is 24.1 Å². The minimum Gasteiger partial charge on any atom is -0.508 e. The predicted molar refractivity (Wildman–Crippen MR) is 84.0 cm³/mol. The topological polar surface area (TPSA) is 35.5 Å². The number of phenolic OH excluding ortho intramolecular Hbond substituents is 1. The third-order valence-corrected chi connectivity index (χ3v) is 4.40. The van der Waals surface area contributed by atoms with Crippen molar-refractivity contribution < 1.29 is 5.11 Å². The molecular formula is C17H28N2O. The molecule has 2 N–H and O–H groups in total. The van der Waals surface area contributed by atoms with Crippen molar-refractivity contribution in [2.24, 2.45) is 5.92 Å². The molecule has 1 fully saturated rings. The number of hydrogen-bond acceptors (Lipinski definition) is 3. The largest absolute Gasteiger partial charge is 0.508 e. The van der Waals surface area contributed by atoms with E-state index in [9.17, 15) is 5.11 Å². The van der Waals surface area contributed by atoms with Crippen molar-refractivity contribution in [2.45, 2.75) is 39.2 Å². The van der Waals surface area contributed by atoms with Gasteiger partial charge in [0.1, 0.15) is 5.75 Å². The first-order valence-electron chi connectivity index (χ1n) is 7.95. The molecule has 3 heteroatoms. The van der Waals surface area contributed by atoms with Crippen molar-refractivity contribution in [3.05, 3.63) is 29.8 Å². The maximum Gasteiger partial charge on any atom is 0.120 e. The van der Waals surface area contributed by atoms with Crippen LogP contribution in [0.4, 0.5) is 0 Å². The fourth-order valence-corrected chi connectivity index (χ4v) is 3.16. The number of rotatable bonds is 6. The van der Waals surface area contributed by atoms with E-state index in [1.165, 1.54) is 12.8 Å². The molecule has 1 heterocycles. The molecule has 1 unspecified atom stereocenters. The smallest absolute Gasteiger partial charge is 0.120 e. The van der Waals surface area contributed by atoms with E-state index >= 15 is 0 Å². The molecule has 1 aromatic carbocycles. The van der Waals surface area contributed by atoms with Gasteiger partial charge in [0.25, 0.3) is 0 Å². The van der Waals surface area contributed by atoms with Crippen molar-refractivity contribution >= 4 is 0 Å². The van der Waals surface area contributed by atoms with Crippen LogP contribution in [0.1, 0.15) is 44.7 Å². The van der Waals surface area contributed by atoms with Crippen LogP contribution in [-0.2, 0) is 0 Å². The highest BCUT2D eigenvalue weighted by molar-refractivity contribution is 5.34. The van der Waals surface area contributed by atoms with Crippen LogP contribution < -0.4 is 5.32 Å². The average Bonchev–Trinajstić information content (AvgIpc) is 2.48. The summed E-state index contributed by atoms with van der Waals surface area (Å²) in [6, 6.07) is 8.03. The number of nitrogens with zero attached hydrogens (tertiary/aromatic N) is 1. The minimum atomic E-state index is 0.283. The van der Waals surface area contributed by atoms with Crippen LogP contribution in [0.25, 0.3) is 0 Å². The molecule has 1 atom stereocenters. The predicted octanol–water partition coefficient (Wildman–Crippen LogP) is 3.16. The second-order valence-electron chi connectivity index (χ2n) is 5.92. The summed E-state index contributed by atoms with van der Waals surface area (Å²) in [5, 5.41) is 13.5. The van der Waals surface area contributed by atoms with Crippen LogP contribution in [0, 0.1) is 5.92 Å². The number of phenols is 1. The molecule has 112 valence electrons. The lowest BCUT2D eigenvalue weighted by Gasteiger charge is -2.34. The van der Waals surface area contributed by atoms with Gasteiger partial charge in [-0.3, -0.25) is 4.90 Å². The molecule has 0 saturated carbocycles. The van der Waals surface area contributed by atoms with E-state index in [1.807, 2.05) is 18.2 Å². The molecule has 0 radical (unpaired) electrons. The molecule has 1 saturated heterocycles. The van der Waals surface area contributed by atoms with Crippen molar-refractivity contribution in [3.8, 4) is 5.75 Å². The van der Waals surface area contributed by atoms with Crippen LogP contribution in [-0.4, -0.2) is 36.2 Å². The van der Waals surface area contributed by atoms with E-state index in [4.69, 9.17) is 0 Å². The molecule has 1 aliphatic heterocycles. The van der Waals surface area contributed by atoms with E-state index in [0.29, 0.717) is 5.75 Å². The van der Waals surface area contributed by atoms with Crippen LogP contribution in [0.2, 0.25) is 0 Å². The summed E-state index contributed by atoms with van der Waals surface area (Å²) in [7, 11) is 0. The van der Waals surface area contributed by atoms with Crippen LogP contribution in [0.5, 0.6) is 5.75 Å². The molecule has 1 aliphatic rings. The van der Waals surface area contributed by atoms with Gasteiger partial charge >= 0.3 is 0 Å². The molecule has 3 nitrogen and oxygen atoms in total. The SMILES string of the molecule is CCCN(CC1CCNCC1)C(C)c1ccccc1O. The Morgan fingerprint density at radius 2 is 2.00 bits per heavy atom. The highest BCUT2D eigenvalue weighted by atomic mass is 16.3. The van der Waals surface area contributed by atoms with Crippen LogP contribution in [0.15, 0.2) is 24.3 Å². The Morgan fingerprint density at radius 1 is 1.30 bits per heavy atom. The zero-order chi connectivity index (χ0) is 14.4. The molecule has 0 amide bonds. The normalized spacial score (nSPS) is 18.4. The summed E-state index contributed by atoms with van der Waals surface area (Å²) < 4.78 is 0. The lowest BCUT2D eigenvalue weighted by atomic mass is 9.95. The second-order valence-corrected chi connectivity index (χ2v) is 5.92. The van der Waals surface area contributed by atoms with Gasteiger partial charge in [-0.25, -0.2) is 0 Å².